The molecule has 0 aliphatic carbocycles. The molecule has 31 heavy (non-hydrogen) atoms. The van der Waals surface area contributed by atoms with Gasteiger partial charge in [-0.3, -0.25) is 14.2 Å². The Morgan fingerprint density at radius 2 is 1.65 bits per heavy atom. The maximum Gasteiger partial charge on any atom is 0.265 e. The number of carbonyl (C=O) groups excluding carboxylic acids is 1. The first-order valence-corrected chi connectivity index (χ1v) is 11.8. The zero-order valence-corrected chi connectivity index (χ0v) is 18.3. The zero-order valence-electron chi connectivity index (χ0n) is 17.5. The van der Waals surface area contributed by atoms with Crippen molar-refractivity contribution >= 4 is 26.8 Å². The molecule has 0 bridgehead atoms. The lowest BCUT2D eigenvalue weighted by Crippen LogP contribution is -2.50. The Hall–Kier alpha value is -3.04. The summed E-state index contributed by atoms with van der Waals surface area (Å²) in [5.41, 5.74) is 1.62. The molecule has 0 saturated carbocycles. The van der Waals surface area contributed by atoms with Gasteiger partial charge in [0, 0.05) is 31.7 Å². The van der Waals surface area contributed by atoms with Gasteiger partial charge in [0.25, 0.3) is 11.5 Å². The second kappa shape index (κ2) is 8.24. The van der Waals surface area contributed by atoms with Crippen molar-refractivity contribution in [3.8, 4) is 5.69 Å². The first-order valence-electron chi connectivity index (χ1n) is 10.2. The van der Waals surface area contributed by atoms with Crippen LogP contribution < -0.4 is 5.56 Å². The van der Waals surface area contributed by atoms with Gasteiger partial charge in [0.2, 0.25) is 10.0 Å². The molecule has 1 aromatic heterocycles. The molecule has 1 aliphatic rings. The van der Waals surface area contributed by atoms with Crippen LogP contribution in [0.4, 0.5) is 0 Å². The van der Waals surface area contributed by atoms with Crippen molar-refractivity contribution in [2.45, 2.75) is 13.8 Å². The average molecular weight is 441 g/mol. The third-order valence-corrected chi connectivity index (χ3v) is 7.48. The third-order valence-electron chi connectivity index (χ3n) is 5.60. The molecule has 8 nitrogen and oxygen atoms in total. The largest absolute Gasteiger partial charge is 0.336 e. The van der Waals surface area contributed by atoms with Crippen molar-refractivity contribution in [3.63, 3.8) is 0 Å². The van der Waals surface area contributed by atoms with Gasteiger partial charge in [0.15, 0.2) is 0 Å². The highest BCUT2D eigenvalue weighted by atomic mass is 32.2. The van der Waals surface area contributed by atoms with Crippen LogP contribution in [0.2, 0.25) is 0 Å². The van der Waals surface area contributed by atoms with Gasteiger partial charge in [-0.2, -0.15) is 4.31 Å². The van der Waals surface area contributed by atoms with Gasteiger partial charge >= 0.3 is 0 Å². The van der Waals surface area contributed by atoms with E-state index in [0.29, 0.717) is 54.2 Å². The van der Waals surface area contributed by atoms with Gasteiger partial charge in [-0.05, 0) is 50.2 Å². The number of carbonyl (C=O) groups is 1. The van der Waals surface area contributed by atoms with Crippen LogP contribution in [0.3, 0.4) is 0 Å². The Labute approximate surface area is 180 Å². The van der Waals surface area contributed by atoms with Gasteiger partial charge < -0.3 is 4.90 Å². The van der Waals surface area contributed by atoms with E-state index in [0.717, 1.165) is 0 Å². The van der Waals surface area contributed by atoms with Gasteiger partial charge in [-0.15, -0.1) is 0 Å². The van der Waals surface area contributed by atoms with Gasteiger partial charge in [0.05, 0.1) is 22.3 Å². The van der Waals surface area contributed by atoms with Crippen LogP contribution in [-0.2, 0) is 10.0 Å². The Bertz CT molecular complexity index is 1290. The number of fused-ring (bicyclic) bond motifs is 1. The molecule has 162 valence electrons. The first kappa shape index (κ1) is 21.2. The maximum absolute atomic E-state index is 12.9. The predicted octanol–water partition coefficient (Wildman–Crippen LogP) is 1.80. The number of hydrogen-bond acceptors (Lipinski definition) is 5. The SMILES string of the molecule is CCS(=O)(=O)N1CCN(C(=O)c2ccc(-n3c(C)nc4ccccc4c3=O)cc2)CC1. The highest BCUT2D eigenvalue weighted by molar-refractivity contribution is 7.89. The van der Waals surface area contributed by atoms with Crippen molar-refractivity contribution in [2.24, 2.45) is 0 Å². The van der Waals surface area contributed by atoms with Crippen LogP contribution in [0, 0.1) is 6.92 Å². The summed E-state index contributed by atoms with van der Waals surface area (Å²) in [5.74, 6) is 0.474. The van der Waals surface area contributed by atoms with Crippen molar-refractivity contribution in [1.29, 1.82) is 0 Å². The number of aromatic nitrogens is 2. The molecule has 2 heterocycles. The fourth-order valence-corrected chi connectivity index (χ4v) is 4.92. The standard InChI is InChI=1S/C22H24N4O4S/c1-3-31(29,30)25-14-12-24(13-15-25)21(27)17-8-10-18(11-9-17)26-16(2)23-20-7-5-4-6-19(20)22(26)28/h4-11H,3,12-15H2,1-2H3. The fraction of sp³-hybridized carbons (Fsp3) is 0.318. The molecule has 1 amide bonds. The van der Waals surface area contributed by atoms with Crippen molar-refractivity contribution in [2.75, 3.05) is 31.9 Å². The lowest BCUT2D eigenvalue weighted by molar-refractivity contribution is 0.0698. The fourth-order valence-electron chi connectivity index (χ4n) is 3.84. The number of sulfonamides is 1. The molecule has 9 heteroatoms. The Balaban J connectivity index is 1.55. The smallest absolute Gasteiger partial charge is 0.265 e. The van der Waals surface area contributed by atoms with Gasteiger partial charge in [-0.25, -0.2) is 13.4 Å². The molecular weight excluding hydrogens is 416 g/mol. The predicted molar refractivity (Wildman–Crippen MR) is 119 cm³/mol. The average Bonchev–Trinajstić information content (AvgIpc) is 2.79. The number of rotatable bonds is 4. The highest BCUT2D eigenvalue weighted by Gasteiger charge is 2.28. The Kier molecular flexibility index (Phi) is 5.63. The second-order valence-corrected chi connectivity index (χ2v) is 9.71. The van der Waals surface area contributed by atoms with E-state index in [9.17, 15) is 18.0 Å². The van der Waals surface area contributed by atoms with Crippen molar-refractivity contribution in [1.82, 2.24) is 18.8 Å². The van der Waals surface area contributed by atoms with Crippen LogP contribution in [0.1, 0.15) is 23.1 Å². The molecular formula is C22H24N4O4S. The molecule has 1 aliphatic heterocycles. The molecule has 0 unspecified atom stereocenters. The maximum atomic E-state index is 12.9. The van der Waals surface area contributed by atoms with E-state index in [-0.39, 0.29) is 17.2 Å². The van der Waals surface area contributed by atoms with Crippen LogP contribution in [0.25, 0.3) is 16.6 Å². The number of amides is 1. The number of hydrogen-bond donors (Lipinski definition) is 0. The summed E-state index contributed by atoms with van der Waals surface area (Å²) >= 11 is 0. The zero-order chi connectivity index (χ0) is 22.2. The molecule has 0 spiro atoms. The van der Waals surface area contributed by atoms with E-state index < -0.39 is 10.0 Å². The summed E-state index contributed by atoms with van der Waals surface area (Å²) in [6.07, 6.45) is 0. The van der Waals surface area contributed by atoms with E-state index in [1.165, 1.54) is 8.87 Å². The normalized spacial score (nSPS) is 15.4. The topological polar surface area (TPSA) is 92.6 Å². The molecule has 3 aromatic rings. The summed E-state index contributed by atoms with van der Waals surface area (Å²) in [7, 11) is -3.24. The van der Waals surface area contributed by atoms with Gasteiger partial charge in [0.1, 0.15) is 5.82 Å². The minimum atomic E-state index is -3.24. The number of benzene rings is 2. The summed E-state index contributed by atoms with van der Waals surface area (Å²) in [5, 5.41) is 0.535. The molecule has 0 atom stereocenters. The molecule has 1 fully saturated rings. The molecule has 0 N–H and O–H groups in total. The van der Waals surface area contributed by atoms with Crippen LogP contribution in [0.15, 0.2) is 53.3 Å². The monoisotopic (exact) mass is 440 g/mol. The minimum Gasteiger partial charge on any atom is -0.336 e. The third kappa shape index (κ3) is 3.98. The molecule has 2 aromatic carbocycles. The molecule has 4 rings (SSSR count). The summed E-state index contributed by atoms with van der Waals surface area (Å²) in [6, 6.07) is 14.0. The van der Waals surface area contributed by atoms with E-state index in [2.05, 4.69) is 4.98 Å². The van der Waals surface area contributed by atoms with Crippen LogP contribution in [0.5, 0.6) is 0 Å². The highest BCUT2D eigenvalue weighted by Crippen LogP contribution is 2.16. The Morgan fingerprint density at radius 3 is 2.29 bits per heavy atom. The summed E-state index contributed by atoms with van der Waals surface area (Å²) in [4.78, 5) is 32.0. The van der Waals surface area contributed by atoms with Gasteiger partial charge in [-0.1, -0.05) is 12.1 Å². The lowest BCUT2D eigenvalue weighted by Gasteiger charge is -2.33. The van der Waals surface area contributed by atoms with Crippen LogP contribution >= 0.6 is 0 Å². The van der Waals surface area contributed by atoms with E-state index in [4.69, 9.17) is 0 Å². The van der Waals surface area contributed by atoms with E-state index >= 15 is 0 Å². The van der Waals surface area contributed by atoms with E-state index in [1.807, 2.05) is 6.07 Å². The number of piperazine rings is 1. The second-order valence-electron chi connectivity index (χ2n) is 7.46. The molecule has 1 saturated heterocycles. The first-order chi connectivity index (χ1) is 14.8. The minimum absolute atomic E-state index is 0.0603. The summed E-state index contributed by atoms with van der Waals surface area (Å²) in [6.45, 7) is 4.71. The molecule has 0 radical (unpaired) electrons. The summed E-state index contributed by atoms with van der Waals surface area (Å²) < 4.78 is 27.0. The number of aryl methyl sites for hydroxylation is 1. The lowest BCUT2D eigenvalue weighted by atomic mass is 10.1. The van der Waals surface area contributed by atoms with Crippen molar-refractivity contribution < 1.29 is 13.2 Å². The Morgan fingerprint density at radius 1 is 1.00 bits per heavy atom. The quantitative estimate of drug-likeness (QED) is 0.617. The van der Waals surface area contributed by atoms with E-state index in [1.54, 1.807) is 61.2 Å². The van der Waals surface area contributed by atoms with Crippen molar-refractivity contribution in [3.05, 3.63) is 70.3 Å². The number of nitrogens with zero attached hydrogens (tertiary/aromatic N) is 4. The van der Waals surface area contributed by atoms with Crippen LogP contribution in [-0.4, -0.2) is 65.0 Å². The number of para-hydroxylation sites is 1.